The predicted molar refractivity (Wildman–Crippen MR) is 76.3 cm³/mol. The highest BCUT2D eigenvalue weighted by Gasteiger charge is 2.23. The average Bonchev–Trinajstić information content (AvgIpc) is 2.94. The van der Waals surface area contributed by atoms with E-state index in [1.54, 1.807) is 13.2 Å². The van der Waals surface area contributed by atoms with Gasteiger partial charge in [0.15, 0.2) is 0 Å². The largest absolute Gasteiger partial charge is 0.495 e. The number of nitrogens with one attached hydrogen (secondary N) is 1. The summed E-state index contributed by atoms with van der Waals surface area (Å²) < 4.78 is 5.17. The molecule has 1 heterocycles. The van der Waals surface area contributed by atoms with Crippen molar-refractivity contribution in [1.29, 1.82) is 0 Å². The van der Waals surface area contributed by atoms with E-state index in [9.17, 15) is 4.79 Å². The fourth-order valence-electron chi connectivity index (χ4n) is 2.35. The van der Waals surface area contributed by atoms with Crippen molar-refractivity contribution in [2.45, 2.75) is 25.8 Å². The highest BCUT2D eigenvalue weighted by Crippen LogP contribution is 2.29. The third-order valence-corrected chi connectivity index (χ3v) is 3.45. The van der Waals surface area contributed by atoms with Gasteiger partial charge in [-0.3, -0.25) is 4.79 Å². The lowest BCUT2D eigenvalue weighted by Gasteiger charge is -2.22. The quantitative estimate of drug-likeness (QED) is 0.811. The van der Waals surface area contributed by atoms with Gasteiger partial charge in [0.1, 0.15) is 11.8 Å². The zero-order valence-electron chi connectivity index (χ0n) is 11.5. The molecule has 0 radical (unpaired) electrons. The molecule has 104 valence electrons. The van der Waals surface area contributed by atoms with Crippen LogP contribution in [0.15, 0.2) is 18.2 Å². The number of carbonyl (C=O) groups excluding carboxylic acids is 1. The minimum atomic E-state index is -0.285. The van der Waals surface area contributed by atoms with E-state index in [1.165, 1.54) is 0 Å². The SMILES string of the molecule is COc1cccc(NC(C)C(=O)N2CCCC2)c1N. The van der Waals surface area contributed by atoms with Crippen molar-refractivity contribution in [3.8, 4) is 5.75 Å². The Labute approximate surface area is 113 Å². The Hall–Kier alpha value is -1.91. The van der Waals surface area contributed by atoms with Crippen LogP contribution in [0.4, 0.5) is 11.4 Å². The van der Waals surface area contributed by atoms with Crippen LogP contribution in [0, 0.1) is 0 Å². The number of carbonyl (C=O) groups is 1. The first-order valence-electron chi connectivity index (χ1n) is 6.61. The van der Waals surface area contributed by atoms with Gasteiger partial charge in [-0.15, -0.1) is 0 Å². The van der Waals surface area contributed by atoms with Gasteiger partial charge in [0.2, 0.25) is 5.91 Å². The molecule has 2 rings (SSSR count). The van der Waals surface area contributed by atoms with E-state index in [0.717, 1.165) is 31.6 Å². The first-order chi connectivity index (χ1) is 9.13. The summed E-state index contributed by atoms with van der Waals surface area (Å²) >= 11 is 0. The van der Waals surface area contributed by atoms with Gasteiger partial charge in [0.05, 0.1) is 18.5 Å². The second-order valence-corrected chi connectivity index (χ2v) is 4.82. The number of benzene rings is 1. The molecule has 1 aromatic rings. The van der Waals surface area contributed by atoms with Gasteiger partial charge in [-0.05, 0) is 31.9 Å². The molecule has 1 amide bonds. The van der Waals surface area contributed by atoms with Crippen LogP contribution < -0.4 is 15.8 Å². The Morgan fingerprint density at radius 1 is 1.42 bits per heavy atom. The number of ether oxygens (including phenoxy) is 1. The van der Waals surface area contributed by atoms with E-state index < -0.39 is 0 Å². The molecule has 1 saturated heterocycles. The smallest absolute Gasteiger partial charge is 0.244 e. The molecule has 0 spiro atoms. The Kier molecular flexibility index (Phi) is 4.14. The molecule has 1 unspecified atom stereocenters. The second-order valence-electron chi connectivity index (χ2n) is 4.82. The lowest BCUT2D eigenvalue weighted by molar-refractivity contribution is -0.130. The van der Waals surface area contributed by atoms with Crippen LogP contribution in [-0.4, -0.2) is 37.0 Å². The number of para-hydroxylation sites is 1. The predicted octanol–water partition coefficient (Wildman–Crippen LogP) is 1.70. The number of hydrogen-bond acceptors (Lipinski definition) is 4. The fraction of sp³-hybridized carbons (Fsp3) is 0.500. The van der Waals surface area contributed by atoms with Crippen LogP contribution in [0.3, 0.4) is 0 Å². The average molecular weight is 263 g/mol. The lowest BCUT2D eigenvalue weighted by atomic mass is 10.2. The number of rotatable bonds is 4. The molecule has 3 N–H and O–H groups in total. The van der Waals surface area contributed by atoms with Crippen LogP contribution in [0.5, 0.6) is 5.75 Å². The molecule has 1 aliphatic heterocycles. The molecule has 19 heavy (non-hydrogen) atoms. The van der Waals surface area contributed by atoms with Crippen molar-refractivity contribution in [3.05, 3.63) is 18.2 Å². The topological polar surface area (TPSA) is 67.6 Å². The molecule has 0 saturated carbocycles. The van der Waals surface area contributed by atoms with E-state index in [4.69, 9.17) is 10.5 Å². The molecule has 0 aliphatic carbocycles. The summed E-state index contributed by atoms with van der Waals surface area (Å²) in [4.78, 5) is 14.1. The molecule has 0 bridgehead atoms. The number of anilines is 2. The van der Waals surface area contributed by atoms with Crippen LogP contribution in [0.1, 0.15) is 19.8 Å². The van der Waals surface area contributed by atoms with Crippen molar-refractivity contribution in [1.82, 2.24) is 4.90 Å². The van der Waals surface area contributed by atoms with E-state index in [0.29, 0.717) is 11.4 Å². The number of nitrogen functional groups attached to an aromatic ring is 1. The Bertz CT molecular complexity index is 456. The highest BCUT2D eigenvalue weighted by molar-refractivity contribution is 5.86. The number of hydrogen-bond donors (Lipinski definition) is 2. The maximum Gasteiger partial charge on any atom is 0.244 e. The summed E-state index contributed by atoms with van der Waals surface area (Å²) in [5, 5.41) is 3.17. The fourth-order valence-corrected chi connectivity index (χ4v) is 2.35. The zero-order chi connectivity index (χ0) is 13.8. The van der Waals surface area contributed by atoms with E-state index in [-0.39, 0.29) is 11.9 Å². The lowest BCUT2D eigenvalue weighted by Crippen LogP contribution is -2.39. The molecule has 0 aromatic heterocycles. The Morgan fingerprint density at radius 3 is 2.74 bits per heavy atom. The van der Waals surface area contributed by atoms with Crippen molar-refractivity contribution >= 4 is 17.3 Å². The summed E-state index contributed by atoms with van der Waals surface area (Å²) in [7, 11) is 1.58. The van der Waals surface area contributed by atoms with Gasteiger partial charge >= 0.3 is 0 Å². The molecule has 1 fully saturated rings. The number of nitrogens with two attached hydrogens (primary N) is 1. The van der Waals surface area contributed by atoms with Gasteiger partial charge in [-0.1, -0.05) is 6.07 Å². The zero-order valence-corrected chi connectivity index (χ0v) is 11.5. The molecule has 1 atom stereocenters. The molecule has 5 nitrogen and oxygen atoms in total. The standard InChI is InChI=1S/C14H21N3O2/c1-10(14(18)17-8-3-4-9-17)16-11-6-5-7-12(19-2)13(11)15/h5-7,10,16H,3-4,8-9,15H2,1-2H3. The van der Waals surface area contributed by atoms with E-state index in [2.05, 4.69) is 5.32 Å². The van der Waals surface area contributed by atoms with Crippen molar-refractivity contribution in [3.63, 3.8) is 0 Å². The van der Waals surface area contributed by atoms with Gasteiger partial charge in [0.25, 0.3) is 0 Å². The molecular weight excluding hydrogens is 242 g/mol. The minimum Gasteiger partial charge on any atom is -0.495 e. The number of amides is 1. The molecular formula is C14H21N3O2. The normalized spacial score (nSPS) is 16.2. The Morgan fingerprint density at radius 2 is 2.11 bits per heavy atom. The Balaban J connectivity index is 2.06. The van der Waals surface area contributed by atoms with E-state index >= 15 is 0 Å². The third-order valence-electron chi connectivity index (χ3n) is 3.45. The van der Waals surface area contributed by atoms with Gasteiger partial charge in [-0.2, -0.15) is 0 Å². The first kappa shape index (κ1) is 13.5. The third kappa shape index (κ3) is 2.92. The van der Waals surface area contributed by atoms with Gasteiger partial charge < -0.3 is 20.7 Å². The minimum absolute atomic E-state index is 0.125. The van der Waals surface area contributed by atoms with Crippen LogP contribution in [0.2, 0.25) is 0 Å². The van der Waals surface area contributed by atoms with Crippen LogP contribution in [0.25, 0.3) is 0 Å². The van der Waals surface area contributed by atoms with Gasteiger partial charge in [-0.25, -0.2) is 0 Å². The summed E-state index contributed by atoms with van der Waals surface area (Å²) in [6.07, 6.45) is 2.19. The highest BCUT2D eigenvalue weighted by atomic mass is 16.5. The summed E-state index contributed by atoms with van der Waals surface area (Å²) in [6, 6.07) is 5.22. The van der Waals surface area contributed by atoms with Crippen molar-refractivity contribution in [2.24, 2.45) is 0 Å². The number of likely N-dealkylation sites (tertiary alicyclic amines) is 1. The summed E-state index contributed by atoms with van der Waals surface area (Å²) in [6.45, 7) is 3.58. The summed E-state index contributed by atoms with van der Waals surface area (Å²) in [5.74, 6) is 0.741. The molecule has 5 heteroatoms. The second kappa shape index (κ2) is 5.82. The first-order valence-corrected chi connectivity index (χ1v) is 6.61. The van der Waals surface area contributed by atoms with E-state index in [1.807, 2.05) is 24.0 Å². The van der Waals surface area contributed by atoms with Gasteiger partial charge in [0, 0.05) is 13.1 Å². The van der Waals surface area contributed by atoms with Crippen LogP contribution >= 0.6 is 0 Å². The van der Waals surface area contributed by atoms with Crippen molar-refractivity contribution < 1.29 is 9.53 Å². The number of nitrogens with zero attached hydrogens (tertiary/aromatic N) is 1. The van der Waals surface area contributed by atoms with Crippen LogP contribution in [-0.2, 0) is 4.79 Å². The monoisotopic (exact) mass is 263 g/mol. The summed E-state index contributed by atoms with van der Waals surface area (Å²) in [5.41, 5.74) is 7.25. The van der Waals surface area contributed by atoms with Crippen molar-refractivity contribution in [2.75, 3.05) is 31.2 Å². The number of methoxy groups -OCH3 is 1. The maximum atomic E-state index is 12.2. The molecule has 1 aromatic carbocycles. The maximum absolute atomic E-state index is 12.2. The molecule has 1 aliphatic rings.